The summed E-state index contributed by atoms with van der Waals surface area (Å²) in [6.45, 7) is 3.51. The summed E-state index contributed by atoms with van der Waals surface area (Å²) in [5.41, 5.74) is 1.36. The SMILES string of the molecule is CCCCC(O)c1ccc(NC(C)=O)c(Cl)c1. The monoisotopic (exact) mass is 255 g/mol. The van der Waals surface area contributed by atoms with Crippen molar-refractivity contribution >= 4 is 23.2 Å². The van der Waals surface area contributed by atoms with Crippen molar-refractivity contribution in [2.75, 3.05) is 5.32 Å². The fourth-order valence-corrected chi connectivity index (χ4v) is 1.83. The van der Waals surface area contributed by atoms with E-state index in [0.29, 0.717) is 10.7 Å². The van der Waals surface area contributed by atoms with Crippen LogP contribution in [0.4, 0.5) is 5.69 Å². The van der Waals surface area contributed by atoms with Gasteiger partial charge in [-0.1, -0.05) is 37.4 Å². The highest BCUT2D eigenvalue weighted by Crippen LogP contribution is 2.27. The van der Waals surface area contributed by atoms with Gasteiger partial charge in [-0.25, -0.2) is 0 Å². The van der Waals surface area contributed by atoms with Crippen molar-refractivity contribution in [3.8, 4) is 0 Å². The van der Waals surface area contributed by atoms with Crippen LogP contribution in [0.15, 0.2) is 18.2 Å². The van der Waals surface area contributed by atoms with Gasteiger partial charge in [0.2, 0.25) is 5.91 Å². The molecule has 1 unspecified atom stereocenters. The van der Waals surface area contributed by atoms with Gasteiger partial charge in [0.25, 0.3) is 0 Å². The Kier molecular flexibility index (Phi) is 5.45. The van der Waals surface area contributed by atoms with E-state index >= 15 is 0 Å². The van der Waals surface area contributed by atoms with Crippen LogP contribution in [0.2, 0.25) is 5.02 Å². The van der Waals surface area contributed by atoms with Crippen molar-refractivity contribution < 1.29 is 9.90 Å². The number of hydrogen-bond donors (Lipinski definition) is 2. The Bertz CT molecular complexity index is 393. The predicted octanol–water partition coefficient (Wildman–Crippen LogP) is 3.52. The molecular weight excluding hydrogens is 238 g/mol. The summed E-state index contributed by atoms with van der Waals surface area (Å²) in [6, 6.07) is 5.21. The molecule has 0 spiro atoms. The maximum atomic E-state index is 10.9. The van der Waals surface area contributed by atoms with Crippen molar-refractivity contribution in [1.82, 2.24) is 0 Å². The van der Waals surface area contributed by atoms with Crippen molar-refractivity contribution in [3.05, 3.63) is 28.8 Å². The number of aliphatic hydroxyl groups excluding tert-OH is 1. The Balaban J connectivity index is 2.77. The van der Waals surface area contributed by atoms with Gasteiger partial charge in [-0.05, 0) is 24.1 Å². The predicted molar refractivity (Wildman–Crippen MR) is 70.2 cm³/mol. The summed E-state index contributed by atoms with van der Waals surface area (Å²) in [7, 11) is 0. The van der Waals surface area contributed by atoms with Gasteiger partial charge in [-0.15, -0.1) is 0 Å². The number of aliphatic hydroxyl groups is 1. The molecule has 0 heterocycles. The molecule has 0 saturated carbocycles. The van der Waals surface area contributed by atoms with Crippen LogP contribution in [0, 0.1) is 0 Å². The number of carbonyl (C=O) groups excluding carboxylic acids is 1. The fourth-order valence-electron chi connectivity index (χ4n) is 1.59. The Morgan fingerprint density at radius 2 is 2.24 bits per heavy atom. The molecule has 1 aromatic carbocycles. The molecule has 1 rings (SSSR count). The van der Waals surface area contributed by atoms with Crippen molar-refractivity contribution in [1.29, 1.82) is 0 Å². The van der Waals surface area contributed by atoms with Gasteiger partial charge in [0.05, 0.1) is 16.8 Å². The number of unbranched alkanes of at least 4 members (excludes halogenated alkanes) is 1. The molecule has 3 nitrogen and oxygen atoms in total. The lowest BCUT2D eigenvalue weighted by Gasteiger charge is -2.12. The van der Waals surface area contributed by atoms with Gasteiger partial charge >= 0.3 is 0 Å². The van der Waals surface area contributed by atoms with Crippen molar-refractivity contribution in [2.24, 2.45) is 0 Å². The first-order valence-corrected chi connectivity index (χ1v) is 6.17. The van der Waals surface area contributed by atoms with E-state index < -0.39 is 6.10 Å². The third-order valence-corrected chi connectivity index (χ3v) is 2.83. The highest BCUT2D eigenvalue weighted by molar-refractivity contribution is 6.33. The molecule has 0 aliphatic heterocycles. The lowest BCUT2D eigenvalue weighted by molar-refractivity contribution is -0.114. The fraction of sp³-hybridized carbons (Fsp3) is 0.462. The minimum absolute atomic E-state index is 0.161. The minimum Gasteiger partial charge on any atom is -0.388 e. The van der Waals surface area contributed by atoms with E-state index in [0.717, 1.165) is 24.8 Å². The number of benzene rings is 1. The van der Waals surface area contributed by atoms with Crippen LogP contribution in [0.5, 0.6) is 0 Å². The molecule has 0 saturated heterocycles. The summed E-state index contributed by atoms with van der Waals surface area (Å²) in [4.78, 5) is 10.9. The van der Waals surface area contributed by atoms with Crippen LogP contribution < -0.4 is 5.32 Å². The zero-order valence-corrected chi connectivity index (χ0v) is 10.9. The quantitative estimate of drug-likeness (QED) is 0.846. The summed E-state index contributed by atoms with van der Waals surface area (Å²) in [5, 5.41) is 13.0. The van der Waals surface area contributed by atoms with Gasteiger partial charge in [0.1, 0.15) is 0 Å². The Labute approximate surface area is 107 Å². The number of anilines is 1. The van der Waals surface area contributed by atoms with E-state index in [2.05, 4.69) is 12.2 Å². The molecule has 0 aliphatic carbocycles. The maximum absolute atomic E-state index is 10.9. The second-order valence-electron chi connectivity index (χ2n) is 4.08. The first-order chi connectivity index (χ1) is 8.04. The highest BCUT2D eigenvalue weighted by atomic mass is 35.5. The molecule has 4 heteroatoms. The molecule has 0 aliphatic rings. The molecule has 1 amide bonds. The number of rotatable bonds is 5. The van der Waals surface area contributed by atoms with E-state index in [1.165, 1.54) is 6.92 Å². The van der Waals surface area contributed by atoms with E-state index in [4.69, 9.17) is 11.6 Å². The largest absolute Gasteiger partial charge is 0.388 e. The average molecular weight is 256 g/mol. The smallest absolute Gasteiger partial charge is 0.221 e. The van der Waals surface area contributed by atoms with Gasteiger partial charge in [0.15, 0.2) is 0 Å². The molecule has 1 aromatic rings. The zero-order chi connectivity index (χ0) is 12.8. The van der Waals surface area contributed by atoms with Gasteiger partial charge in [-0.3, -0.25) is 4.79 Å². The number of halogens is 1. The third-order valence-electron chi connectivity index (χ3n) is 2.52. The lowest BCUT2D eigenvalue weighted by atomic mass is 10.0. The molecule has 17 heavy (non-hydrogen) atoms. The standard InChI is InChI=1S/C13H18ClNO2/c1-3-4-5-13(17)10-6-7-12(11(14)8-10)15-9(2)16/h6-8,13,17H,3-5H2,1-2H3,(H,15,16). The van der Waals surface area contributed by atoms with Crippen LogP contribution in [-0.2, 0) is 4.79 Å². The summed E-state index contributed by atoms with van der Waals surface area (Å²) in [6.07, 6.45) is 2.27. The summed E-state index contributed by atoms with van der Waals surface area (Å²) >= 11 is 6.03. The number of amides is 1. The third kappa shape index (κ3) is 4.36. The molecule has 2 N–H and O–H groups in total. The highest BCUT2D eigenvalue weighted by Gasteiger charge is 2.10. The van der Waals surface area contributed by atoms with Crippen molar-refractivity contribution in [2.45, 2.75) is 39.2 Å². The van der Waals surface area contributed by atoms with Crippen LogP contribution in [0.25, 0.3) is 0 Å². The second kappa shape index (κ2) is 6.62. The molecule has 0 bridgehead atoms. The zero-order valence-electron chi connectivity index (χ0n) is 10.2. The average Bonchev–Trinajstić information content (AvgIpc) is 2.28. The Morgan fingerprint density at radius 3 is 2.76 bits per heavy atom. The van der Waals surface area contributed by atoms with E-state index in [9.17, 15) is 9.90 Å². The minimum atomic E-state index is -0.487. The first kappa shape index (κ1) is 14.0. The summed E-state index contributed by atoms with van der Waals surface area (Å²) < 4.78 is 0. The number of hydrogen-bond acceptors (Lipinski definition) is 2. The molecule has 0 radical (unpaired) electrons. The Morgan fingerprint density at radius 1 is 1.53 bits per heavy atom. The lowest BCUT2D eigenvalue weighted by Crippen LogP contribution is -2.06. The van der Waals surface area contributed by atoms with Gasteiger partial charge in [-0.2, -0.15) is 0 Å². The topological polar surface area (TPSA) is 49.3 Å². The van der Waals surface area contributed by atoms with E-state index in [-0.39, 0.29) is 5.91 Å². The van der Waals surface area contributed by atoms with Gasteiger partial charge < -0.3 is 10.4 Å². The molecule has 0 fully saturated rings. The molecule has 94 valence electrons. The first-order valence-electron chi connectivity index (χ1n) is 5.79. The second-order valence-corrected chi connectivity index (χ2v) is 4.49. The maximum Gasteiger partial charge on any atom is 0.221 e. The number of carbonyl (C=O) groups is 1. The van der Waals surface area contributed by atoms with Crippen LogP contribution in [0.1, 0.15) is 44.8 Å². The molecular formula is C13H18ClNO2. The van der Waals surface area contributed by atoms with Gasteiger partial charge in [0, 0.05) is 6.92 Å². The summed E-state index contributed by atoms with van der Waals surface area (Å²) in [5.74, 6) is -0.161. The van der Waals surface area contributed by atoms with Crippen LogP contribution in [-0.4, -0.2) is 11.0 Å². The molecule has 0 aromatic heterocycles. The number of nitrogens with one attached hydrogen (secondary N) is 1. The van der Waals surface area contributed by atoms with Crippen molar-refractivity contribution in [3.63, 3.8) is 0 Å². The normalized spacial score (nSPS) is 12.2. The van der Waals surface area contributed by atoms with Crippen LogP contribution in [0.3, 0.4) is 0 Å². The van der Waals surface area contributed by atoms with E-state index in [1.807, 2.05) is 0 Å². The van der Waals surface area contributed by atoms with E-state index in [1.54, 1.807) is 18.2 Å². The Hall–Kier alpha value is -1.06. The van der Waals surface area contributed by atoms with Crippen LogP contribution >= 0.6 is 11.6 Å². The molecule has 1 atom stereocenters.